The molecule has 4 atom stereocenters. The van der Waals surface area contributed by atoms with Crippen molar-refractivity contribution < 1.29 is 85.2 Å². The second-order valence-corrected chi connectivity index (χ2v) is 21.6. The van der Waals surface area contributed by atoms with Crippen molar-refractivity contribution in [2.24, 2.45) is 0 Å². The maximum absolute atomic E-state index is 11.0. The molecule has 0 heterocycles. The van der Waals surface area contributed by atoms with Crippen molar-refractivity contribution >= 4 is 116 Å². The van der Waals surface area contributed by atoms with E-state index in [-0.39, 0.29) is 30.7 Å². The van der Waals surface area contributed by atoms with Gasteiger partial charge in [-0.15, -0.1) is 0 Å². The number of thioether (sulfide) groups is 1. The molecule has 0 aliphatic rings. The third-order valence-electron chi connectivity index (χ3n) is 5.61. The quantitative estimate of drug-likeness (QED) is 0.0403. The molecular weight excluding hydrogens is 929 g/mol. The van der Waals surface area contributed by atoms with Gasteiger partial charge in [-0.3, -0.25) is 9.59 Å². The Morgan fingerprint density at radius 2 is 0.948 bits per heavy atom. The Hall–Kier alpha value is -0.170. The van der Waals surface area contributed by atoms with Gasteiger partial charge in [0.05, 0.1) is 60.0 Å². The van der Waals surface area contributed by atoms with Crippen molar-refractivity contribution in [3.63, 3.8) is 0 Å². The maximum atomic E-state index is 11.0. The van der Waals surface area contributed by atoms with Gasteiger partial charge in [0.25, 0.3) is 0 Å². The molecule has 58 heavy (non-hydrogen) atoms. The number of ether oxygens (including phenoxy) is 9. The molecule has 0 saturated heterocycles. The lowest BCUT2D eigenvalue weighted by Gasteiger charge is -2.12. The van der Waals surface area contributed by atoms with Crippen LogP contribution in [0.25, 0.3) is 0 Å². The summed E-state index contributed by atoms with van der Waals surface area (Å²) in [7, 11) is 11.8. The minimum atomic E-state index is -2.75. The third-order valence-corrected chi connectivity index (χ3v) is 12.5. The van der Waals surface area contributed by atoms with Gasteiger partial charge in [0.15, 0.2) is 38.1 Å². The largest absolute Gasteiger partial charge is 0.479 e. The summed E-state index contributed by atoms with van der Waals surface area (Å²) in [6.45, 7) is 5.76. The SMILES string of the molecule is COC(=O)C(COCCSC(C)=O)OC.COC(COCCS)C(=O)O.COC(COCCSSC)C(=O)O.COC(COCCSSC)C(C)=O.CSS(C)(=O)=O. The minimum absolute atomic E-state index is 0.0139. The maximum Gasteiger partial charge on any atom is 0.337 e. The summed E-state index contributed by atoms with van der Waals surface area (Å²) in [5.74, 6) is 0.513. The van der Waals surface area contributed by atoms with Crippen LogP contribution in [0.1, 0.15) is 13.8 Å². The van der Waals surface area contributed by atoms with E-state index in [0.29, 0.717) is 44.5 Å². The first-order chi connectivity index (χ1) is 27.3. The normalized spacial score (nSPS) is 12.6. The summed E-state index contributed by atoms with van der Waals surface area (Å²) in [5.41, 5.74) is 0. The Bertz CT molecular complexity index is 1080. The number of methoxy groups -OCH3 is 5. The standard InChI is InChI=1S/C9H16O5S.C8H16O3S2.C7H14O4S2.C6H12O4S.C2H6O2S2/c1-7(10)15-5-4-14-6-8(12-2)9(11)13-3;1-7(9)8(10-2)6-11-4-5-13-12-3;1-10-6(7(8)9)5-11-3-4-13-12-2;1-9-5(6(7)8)4-10-2-3-11;1-5-6(2,3)4/h8H,4-6H2,1-3H3;8H,4-6H2,1-3H3;6H,3-5H2,1-2H3,(H,8,9);5,11H,2-4H2,1H3,(H,7,8);1-2H3. The second-order valence-electron chi connectivity index (χ2n) is 9.92. The highest BCUT2D eigenvalue weighted by atomic mass is 33.1. The highest BCUT2D eigenvalue weighted by molar-refractivity contribution is 8.76. The molecule has 0 spiro atoms. The molecule has 0 aliphatic heterocycles. The summed E-state index contributed by atoms with van der Waals surface area (Å²) >= 11 is 5.07. The molecule has 0 bridgehead atoms. The highest BCUT2D eigenvalue weighted by Crippen LogP contribution is 2.16. The average molecular weight is 993 g/mol. The number of carboxylic acids is 2. The number of esters is 1. The van der Waals surface area contributed by atoms with E-state index in [1.54, 1.807) is 43.2 Å². The molecule has 0 aromatic heterocycles. The molecular formula is C32H64O18S8. The highest BCUT2D eigenvalue weighted by Gasteiger charge is 2.18. The minimum Gasteiger partial charge on any atom is -0.479 e. The van der Waals surface area contributed by atoms with Crippen molar-refractivity contribution in [2.75, 3.05) is 136 Å². The van der Waals surface area contributed by atoms with Gasteiger partial charge in [0.1, 0.15) is 6.10 Å². The average Bonchev–Trinajstić information content (AvgIpc) is 3.17. The fraction of sp³-hybridized carbons (Fsp3) is 0.844. The third kappa shape index (κ3) is 53.8. The van der Waals surface area contributed by atoms with Crippen molar-refractivity contribution in [1.82, 2.24) is 0 Å². The second kappa shape index (κ2) is 49.5. The van der Waals surface area contributed by atoms with Crippen molar-refractivity contribution in [2.45, 2.75) is 38.3 Å². The molecule has 348 valence electrons. The molecule has 4 unspecified atom stereocenters. The molecule has 0 amide bonds. The summed E-state index contributed by atoms with van der Waals surface area (Å²) in [4.78, 5) is 53.2. The number of carbonyl (C=O) groups is 5. The van der Waals surface area contributed by atoms with Crippen LogP contribution in [0.3, 0.4) is 0 Å². The van der Waals surface area contributed by atoms with Gasteiger partial charge in [0, 0.05) is 64.6 Å². The van der Waals surface area contributed by atoms with Crippen LogP contribution in [-0.4, -0.2) is 208 Å². The van der Waals surface area contributed by atoms with Crippen LogP contribution in [0.4, 0.5) is 0 Å². The van der Waals surface area contributed by atoms with E-state index < -0.39 is 51.2 Å². The molecule has 0 radical (unpaired) electrons. The first kappa shape index (κ1) is 66.9. The Labute approximate surface area is 373 Å². The molecule has 0 aromatic carbocycles. The number of aliphatic carboxylic acids is 2. The van der Waals surface area contributed by atoms with Gasteiger partial charge in [-0.25, -0.2) is 22.8 Å². The van der Waals surface area contributed by atoms with Crippen molar-refractivity contribution in [3.8, 4) is 0 Å². The Morgan fingerprint density at radius 3 is 1.22 bits per heavy atom. The molecule has 26 heteroatoms. The Kier molecular flexibility index (Phi) is 57.1. The zero-order valence-electron chi connectivity index (χ0n) is 35.0. The van der Waals surface area contributed by atoms with Gasteiger partial charge in [0.2, 0.25) is 0 Å². The Balaban J connectivity index is -0.000000206. The predicted octanol–water partition coefficient (Wildman–Crippen LogP) is 3.54. The van der Waals surface area contributed by atoms with E-state index in [1.807, 2.05) is 12.5 Å². The lowest BCUT2D eigenvalue weighted by molar-refractivity contribution is -0.156. The van der Waals surface area contributed by atoms with Crippen LogP contribution in [0.2, 0.25) is 0 Å². The van der Waals surface area contributed by atoms with Gasteiger partial charge in [-0.2, -0.15) is 12.6 Å². The summed E-state index contributed by atoms with van der Waals surface area (Å²) in [5, 5.41) is 17.1. The molecule has 0 aliphatic carbocycles. The monoisotopic (exact) mass is 992 g/mol. The number of thiol groups is 1. The predicted molar refractivity (Wildman–Crippen MR) is 242 cm³/mol. The zero-order chi connectivity index (χ0) is 45.8. The number of carboxylic acid groups (broad SMARTS) is 2. The van der Waals surface area contributed by atoms with Gasteiger partial charge in [-0.05, 0) is 36.5 Å². The zero-order valence-corrected chi connectivity index (χ0v) is 41.6. The van der Waals surface area contributed by atoms with Gasteiger partial charge in [-0.1, -0.05) is 54.9 Å². The first-order valence-electron chi connectivity index (χ1n) is 16.6. The van der Waals surface area contributed by atoms with E-state index in [2.05, 4.69) is 26.8 Å². The van der Waals surface area contributed by atoms with E-state index in [0.717, 1.165) is 22.3 Å². The van der Waals surface area contributed by atoms with Crippen LogP contribution < -0.4 is 0 Å². The van der Waals surface area contributed by atoms with Gasteiger partial charge >= 0.3 is 17.9 Å². The summed E-state index contributed by atoms with van der Waals surface area (Å²) in [6.07, 6.45) is 3.91. The fourth-order valence-electron chi connectivity index (χ4n) is 2.62. The van der Waals surface area contributed by atoms with E-state index >= 15 is 0 Å². The fourth-order valence-corrected chi connectivity index (χ4v) is 5.35. The smallest absolute Gasteiger partial charge is 0.337 e. The topological polar surface area (TPSA) is 243 Å². The van der Waals surface area contributed by atoms with Crippen LogP contribution in [0, 0.1) is 0 Å². The number of carbonyl (C=O) groups excluding carboxylic acids is 3. The molecule has 0 saturated carbocycles. The lowest BCUT2D eigenvalue weighted by Crippen LogP contribution is -2.29. The number of rotatable bonds is 30. The van der Waals surface area contributed by atoms with E-state index in [1.165, 1.54) is 73.7 Å². The van der Waals surface area contributed by atoms with Crippen molar-refractivity contribution in [1.29, 1.82) is 0 Å². The first-order valence-corrected chi connectivity index (χ1v) is 27.3. The number of Topliss-reactive ketones (excluding diaryl/α,β-unsaturated/α-hetero) is 1. The van der Waals surface area contributed by atoms with Gasteiger partial charge < -0.3 is 52.8 Å². The van der Waals surface area contributed by atoms with Crippen LogP contribution in [-0.2, 0) is 75.5 Å². The lowest BCUT2D eigenvalue weighted by atomic mass is 10.3. The van der Waals surface area contributed by atoms with E-state index in [4.69, 9.17) is 38.6 Å². The number of hydrogen-bond donors (Lipinski definition) is 3. The van der Waals surface area contributed by atoms with Crippen molar-refractivity contribution in [3.05, 3.63) is 0 Å². The molecule has 2 N–H and O–H groups in total. The Morgan fingerprint density at radius 1 is 0.603 bits per heavy atom. The number of hydrogen-bond acceptors (Lipinski definition) is 23. The van der Waals surface area contributed by atoms with Crippen LogP contribution in [0.15, 0.2) is 0 Å². The molecule has 0 rings (SSSR count). The van der Waals surface area contributed by atoms with Crippen LogP contribution in [0.5, 0.6) is 0 Å². The molecule has 0 aromatic rings. The van der Waals surface area contributed by atoms with E-state index in [9.17, 15) is 32.4 Å². The summed E-state index contributed by atoms with van der Waals surface area (Å²) in [6, 6.07) is 0. The number of ketones is 1. The molecule has 18 nitrogen and oxygen atoms in total. The van der Waals surface area contributed by atoms with Crippen LogP contribution >= 0.6 is 78.4 Å². The summed E-state index contributed by atoms with van der Waals surface area (Å²) < 4.78 is 64.0. The molecule has 0 fully saturated rings.